The molecule has 1 aliphatic rings. The molecule has 21 heavy (non-hydrogen) atoms. The van der Waals surface area contributed by atoms with Gasteiger partial charge in [-0.05, 0) is 44.9 Å². The number of carbonyl (C=O) groups is 1. The van der Waals surface area contributed by atoms with E-state index in [0.717, 1.165) is 11.1 Å². The van der Waals surface area contributed by atoms with Crippen LogP contribution in [-0.2, 0) is 9.47 Å². The number of amides is 1. The quantitative estimate of drug-likeness (QED) is 0.859. The summed E-state index contributed by atoms with van der Waals surface area (Å²) in [5.74, 6) is -1.16. The van der Waals surface area contributed by atoms with Gasteiger partial charge in [0.25, 0.3) is 5.91 Å². The number of aliphatic hydroxyl groups is 1. The van der Waals surface area contributed by atoms with Crippen molar-refractivity contribution in [1.82, 2.24) is 0 Å². The van der Waals surface area contributed by atoms with Crippen molar-refractivity contribution in [1.29, 1.82) is 0 Å². The second-order valence-corrected chi connectivity index (χ2v) is 5.67. The first-order valence-corrected chi connectivity index (χ1v) is 6.94. The smallest absolute Gasteiger partial charge is 0.277 e. The summed E-state index contributed by atoms with van der Waals surface area (Å²) in [4.78, 5) is 16.3. The largest absolute Gasteiger partial charge is 0.385 e. The topological polar surface area (TPSA) is 68.1 Å². The number of aliphatic hydroxyl groups excluding tert-OH is 1. The van der Waals surface area contributed by atoms with E-state index in [9.17, 15) is 9.90 Å². The van der Waals surface area contributed by atoms with E-state index < -0.39 is 11.9 Å². The van der Waals surface area contributed by atoms with E-state index in [1.165, 1.54) is 0 Å². The van der Waals surface area contributed by atoms with Gasteiger partial charge in [0.15, 0.2) is 5.79 Å². The van der Waals surface area contributed by atoms with Crippen molar-refractivity contribution in [3.8, 4) is 0 Å². The number of ether oxygens (including phenoxy) is 2. The molecule has 0 radical (unpaired) electrons. The lowest BCUT2D eigenvalue weighted by Gasteiger charge is -2.22. The Hall–Kier alpha value is -1.56. The maximum Gasteiger partial charge on any atom is 0.277 e. The van der Waals surface area contributed by atoms with Gasteiger partial charge in [-0.3, -0.25) is 4.79 Å². The van der Waals surface area contributed by atoms with Gasteiger partial charge in [-0.2, -0.15) is 0 Å². The Balaban J connectivity index is 2.25. The van der Waals surface area contributed by atoms with Gasteiger partial charge in [-0.25, -0.2) is 4.99 Å². The minimum atomic E-state index is -0.930. The molecule has 1 aromatic carbocycles. The highest BCUT2D eigenvalue weighted by Gasteiger charge is 2.29. The number of carbonyl (C=O) groups excluding carboxylic acids is 1. The lowest BCUT2D eigenvalue weighted by molar-refractivity contribution is -0.202. The normalized spacial score (nSPS) is 23.9. The molecule has 1 N–H and O–H groups in total. The van der Waals surface area contributed by atoms with E-state index in [4.69, 9.17) is 9.47 Å². The second kappa shape index (κ2) is 6.05. The molecule has 2 rings (SSSR count). The maximum atomic E-state index is 12.3. The van der Waals surface area contributed by atoms with Gasteiger partial charge in [0.2, 0.25) is 0 Å². The minimum absolute atomic E-state index is 0.0614. The van der Waals surface area contributed by atoms with Gasteiger partial charge in [0.05, 0.1) is 18.9 Å². The zero-order valence-corrected chi connectivity index (χ0v) is 12.8. The van der Waals surface area contributed by atoms with Gasteiger partial charge in [0.1, 0.15) is 6.10 Å². The first-order chi connectivity index (χ1) is 9.80. The number of aliphatic imine (C=N–C) groups is 1. The summed E-state index contributed by atoms with van der Waals surface area (Å²) in [6.45, 7) is 7.48. The molecule has 1 fully saturated rings. The first kappa shape index (κ1) is 15.8. The van der Waals surface area contributed by atoms with Gasteiger partial charge >= 0.3 is 0 Å². The zero-order valence-electron chi connectivity index (χ0n) is 12.8. The molecule has 0 saturated carbocycles. The van der Waals surface area contributed by atoms with Gasteiger partial charge in [0, 0.05) is 5.56 Å². The summed E-state index contributed by atoms with van der Waals surface area (Å²) < 4.78 is 10.9. The Morgan fingerprint density at radius 2 is 2.05 bits per heavy atom. The van der Waals surface area contributed by atoms with Crippen LogP contribution in [0.4, 0.5) is 0 Å². The van der Waals surface area contributed by atoms with Crippen LogP contribution >= 0.6 is 0 Å². The van der Waals surface area contributed by atoms with Crippen molar-refractivity contribution in [2.45, 2.75) is 39.6 Å². The molecule has 0 aromatic heterocycles. The molecule has 0 spiro atoms. The van der Waals surface area contributed by atoms with Gasteiger partial charge in [-0.15, -0.1) is 0 Å². The molecule has 0 unspecified atom stereocenters. The average Bonchev–Trinajstić information content (AvgIpc) is 2.55. The van der Waals surface area contributed by atoms with Crippen LogP contribution in [0.3, 0.4) is 0 Å². The van der Waals surface area contributed by atoms with Crippen LogP contribution in [0.5, 0.6) is 0 Å². The molecule has 114 valence electrons. The Bertz CT molecular complexity index is 578. The predicted molar refractivity (Wildman–Crippen MR) is 79.7 cm³/mol. The lowest BCUT2D eigenvalue weighted by Crippen LogP contribution is -2.28. The van der Waals surface area contributed by atoms with Crippen LogP contribution in [0.15, 0.2) is 23.2 Å². The molecule has 1 aliphatic heterocycles. The maximum absolute atomic E-state index is 12.3. The molecule has 1 heterocycles. The van der Waals surface area contributed by atoms with Crippen LogP contribution in [0, 0.1) is 13.8 Å². The summed E-state index contributed by atoms with van der Waals surface area (Å²) in [6.07, 6.45) is -0.930. The van der Waals surface area contributed by atoms with E-state index in [0.29, 0.717) is 11.3 Å². The number of hydrogen-bond acceptors (Lipinski definition) is 4. The molecule has 1 amide bonds. The van der Waals surface area contributed by atoms with E-state index in [1.54, 1.807) is 19.9 Å². The fraction of sp³-hybridized carbons (Fsp3) is 0.500. The Morgan fingerprint density at radius 3 is 2.76 bits per heavy atom. The molecule has 5 nitrogen and oxygen atoms in total. The fourth-order valence-electron chi connectivity index (χ4n) is 2.04. The summed E-state index contributed by atoms with van der Waals surface area (Å²) in [7, 11) is 0. The minimum Gasteiger partial charge on any atom is -0.385 e. The van der Waals surface area contributed by atoms with Crippen LogP contribution < -0.4 is 0 Å². The molecule has 0 aliphatic carbocycles. The van der Waals surface area contributed by atoms with Crippen molar-refractivity contribution < 1.29 is 19.4 Å². The Labute approximate surface area is 124 Å². The van der Waals surface area contributed by atoms with Crippen molar-refractivity contribution in [2.75, 3.05) is 13.2 Å². The second-order valence-electron chi connectivity index (χ2n) is 5.67. The molecule has 1 atom stereocenters. The fourth-order valence-corrected chi connectivity index (χ4v) is 2.04. The highest BCUT2D eigenvalue weighted by molar-refractivity contribution is 6.06. The van der Waals surface area contributed by atoms with Crippen LogP contribution in [0.25, 0.3) is 0 Å². The highest BCUT2D eigenvalue weighted by atomic mass is 16.7. The van der Waals surface area contributed by atoms with E-state index in [-0.39, 0.29) is 19.1 Å². The molecular weight excluding hydrogens is 270 g/mol. The van der Waals surface area contributed by atoms with Crippen LogP contribution in [-0.4, -0.2) is 41.8 Å². The third-order valence-electron chi connectivity index (χ3n) is 3.62. The summed E-state index contributed by atoms with van der Waals surface area (Å²) >= 11 is 0. The summed E-state index contributed by atoms with van der Waals surface area (Å²) in [5, 5.41) is 10.0. The Kier molecular flexibility index (Phi) is 4.56. The van der Waals surface area contributed by atoms with Crippen molar-refractivity contribution in [2.24, 2.45) is 4.99 Å². The molecule has 5 heteroatoms. The molecular formula is C16H21NO4. The van der Waals surface area contributed by atoms with Crippen molar-refractivity contribution >= 4 is 11.6 Å². The zero-order chi connectivity index (χ0) is 15.6. The SMILES string of the molecule is Cc1cccc(C(=O)N=C2COC(C)(C)OC[C@@H]2O)c1C. The molecule has 1 saturated heterocycles. The van der Waals surface area contributed by atoms with Gasteiger partial charge < -0.3 is 14.6 Å². The molecule has 1 aromatic rings. The van der Waals surface area contributed by atoms with Crippen LogP contribution in [0.1, 0.15) is 35.3 Å². The summed E-state index contributed by atoms with van der Waals surface area (Å²) in [5.41, 5.74) is 2.77. The third-order valence-corrected chi connectivity index (χ3v) is 3.62. The van der Waals surface area contributed by atoms with E-state index in [1.807, 2.05) is 26.0 Å². The number of nitrogens with zero attached hydrogens (tertiary/aromatic N) is 1. The number of rotatable bonds is 1. The van der Waals surface area contributed by atoms with E-state index >= 15 is 0 Å². The first-order valence-electron chi connectivity index (χ1n) is 6.94. The average molecular weight is 291 g/mol. The Morgan fingerprint density at radius 1 is 1.33 bits per heavy atom. The van der Waals surface area contributed by atoms with Gasteiger partial charge in [-0.1, -0.05) is 12.1 Å². The molecule has 0 bridgehead atoms. The van der Waals surface area contributed by atoms with Crippen molar-refractivity contribution in [3.63, 3.8) is 0 Å². The highest BCUT2D eigenvalue weighted by Crippen LogP contribution is 2.18. The summed E-state index contributed by atoms with van der Waals surface area (Å²) in [6, 6.07) is 5.50. The van der Waals surface area contributed by atoms with E-state index in [2.05, 4.69) is 4.99 Å². The third kappa shape index (κ3) is 3.75. The lowest BCUT2D eigenvalue weighted by atomic mass is 10.0. The predicted octanol–water partition coefficient (Wildman–Crippen LogP) is 2.03. The number of hydrogen-bond donors (Lipinski definition) is 1. The monoisotopic (exact) mass is 291 g/mol. The van der Waals surface area contributed by atoms with Crippen molar-refractivity contribution in [3.05, 3.63) is 34.9 Å². The standard InChI is InChI=1S/C16H21NO4/c1-10-6-5-7-12(11(10)2)15(19)17-13-8-20-16(3,4)21-9-14(13)18/h5-7,14,18H,8-9H2,1-4H3/t14-/m0/s1. The number of benzene rings is 1. The number of aryl methyl sites for hydroxylation is 1. The van der Waals surface area contributed by atoms with Crippen LogP contribution in [0.2, 0.25) is 0 Å².